The van der Waals surface area contributed by atoms with Crippen molar-refractivity contribution in [2.24, 2.45) is 0 Å². The Bertz CT molecular complexity index is 310. The van der Waals surface area contributed by atoms with Gasteiger partial charge in [0.05, 0.1) is 0 Å². The first-order chi connectivity index (χ1) is 5.77. The van der Waals surface area contributed by atoms with E-state index in [0.717, 1.165) is 0 Å². The highest BCUT2D eigenvalue weighted by Gasteiger charge is 2.13. The van der Waals surface area contributed by atoms with E-state index in [4.69, 9.17) is 0 Å². The highest BCUT2D eigenvalue weighted by Crippen LogP contribution is 2.41. The zero-order valence-electron chi connectivity index (χ0n) is 6.76. The summed E-state index contributed by atoms with van der Waals surface area (Å²) in [5, 5.41) is 0. The molecule has 0 spiro atoms. The summed E-state index contributed by atoms with van der Waals surface area (Å²) in [7, 11) is 0. The van der Waals surface area contributed by atoms with Crippen LogP contribution in [0, 0.1) is 6.92 Å². The van der Waals surface area contributed by atoms with Gasteiger partial charge in [-0.2, -0.15) is 0 Å². The van der Waals surface area contributed by atoms with Crippen LogP contribution in [-0.4, -0.2) is 11.5 Å². The number of hydrogen-bond donors (Lipinski definition) is 0. The Morgan fingerprint density at radius 2 is 2.00 bits per heavy atom. The van der Waals surface area contributed by atoms with Crippen molar-refractivity contribution in [1.29, 1.82) is 0 Å². The van der Waals surface area contributed by atoms with Gasteiger partial charge in [-0.3, -0.25) is 0 Å². The van der Waals surface area contributed by atoms with Gasteiger partial charge in [-0.1, -0.05) is 0 Å². The van der Waals surface area contributed by atoms with Crippen LogP contribution < -0.4 is 0 Å². The number of benzene rings is 1. The molecule has 0 fully saturated rings. The molecule has 0 amide bonds. The van der Waals surface area contributed by atoms with Gasteiger partial charge in [-0.15, -0.1) is 23.5 Å². The topological polar surface area (TPSA) is 0 Å². The third-order valence-corrected chi connectivity index (χ3v) is 5.19. The van der Waals surface area contributed by atoms with Crippen LogP contribution in [-0.2, 0) is 0 Å². The molecule has 0 unspecified atom stereocenters. The average Bonchev–Trinajstić information content (AvgIpc) is 2.04. The van der Waals surface area contributed by atoms with Gasteiger partial charge in [0, 0.05) is 25.8 Å². The molecule has 3 heteroatoms. The van der Waals surface area contributed by atoms with Gasteiger partial charge >= 0.3 is 0 Å². The first-order valence-corrected chi connectivity index (χ1v) is 6.59. The minimum Gasteiger partial charge on any atom is -0.124 e. The molecule has 64 valence electrons. The Balaban J connectivity index is 2.53. The van der Waals surface area contributed by atoms with Gasteiger partial charge in [0.15, 0.2) is 0 Å². The summed E-state index contributed by atoms with van der Waals surface area (Å²) in [4.78, 5) is 2.87. The van der Waals surface area contributed by atoms with Crippen molar-refractivity contribution < 1.29 is 0 Å². The van der Waals surface area contributed by atoms with Crippen molar-refractivity contribution in [1.82, 2.24) is 0 Å². The Morgan fingerprint density at radius 1 is 1.25 bits per heavy atom. The monoisotopic (exact) mass is 260 g/mol. The fourth-order valence-corrected chi connectivity index (χ4v) is 4.64. The first-order valence-electron chi connectivity index (χ1n) is 3.83. The summed E-state index contributed by atoms with van der Waals surface area (Å²) in [5.74, 6) is 2.48. The lowest BCUT2D eigenvalue weighted by atomic mass is 10.2. The van der Waals surface area contributed by atoms with Crippen LogP contribution in [0.1, 0.15) is 5.56 Å². The standard InChI is InChI=1S/C9H9BrS2/c1-6-4-7(10)9-8(5-6)11-2-3-12-9/h4-5H,2-3H2,1H3. The van der Waals surface area contributed by atoms with Crippen molar-refractivity contribution >= 4 is 39.5 Å². The number of hydrogen-bond acceptors (Lipinski definition) is 2. The van der Waals surface area contributed by atoms with E-state index in [1.165, 1.54) is 31.3 Å². The maximum absolute atomic E-state index is 3.60. The quantitative estimate of drug-likeness (QED) is 0.693. The van der Waals surface area contributed by atoms with Gasteiger partial charge in [0.1, 0.15) is 0 Å². The van der Waals surface area contributed by atoms with Crippen LogP contribution in [0.25, 0.3) is 0 Å². The van der Waals surface area contributed by atoms with Gasteiger partial charge in [-0.25, -0.2) is 0 Å². The number of halogens is 1. The Labute approximate surface area is 89.6 Å². The van der Waals surface area contributed by atoms with Crippen molar-refractivity contribution in [3.8, 4) is 0 Å². The minimum atomic E-state index is 1.24. The van der Waals surface area contributed by atoms with E-state index in [9.17, 15) is 0 Å². The largest absolute Gasteiger partial charge is 0.124 e. The van der Waals surface area contributed by atoms with Gasteiger partial charge in [0.25, 0.3) is 0 Å². The SMILES string of the molecule is Cc1cc(Br)c2c(c1)SCCS2. The molecular weight excluding hydrogens is 252 g/mol. The molecule has 1 heterocycles. The summed E-state index contributed by atoms with van der Waals surface area (Å²) in [6, 6.07) is 4.47. The van der Waals surface area contributed by atoms with Crippen molar-refractivity contribution in [3.05, 3.63) is 22.2 Å². The number of thioether (sulfide) groups is 2. The van der Waals surface area contributed by atoms with E-state index in [-0.39, 0.29) is 0 Å². The van der Waals surface area contributed by atoms with Crippen LogP contribution >= 0.6 is 39.5 Å². The number of rotatable bonds is 0. The van der Waals surface area contributed by atoms with E-state index < -0.39 is 0 Å². The molecule has 1 aromatic rings. The third-order valence-electron chi connectivity index (χ3n) is 1.74. The van der Waals surface area contributed by atoms with Crippen LogP contribution in [0.3, 0.4) is 0 Å². The van der Waals surface area contributed by atoms with Gasteiger partial charge in [0.2, 0.25) is 0 Å². The molecule has 2 rings (SSSR count). The smallest absolute Gasteiger partial charge is 0.0351 e. The second-order valence-corrected chi connectivity index (χ2v) is 5.87. The highest BCUT2D eigenvalue weighted by atomic mass is 79.9. The molecule has 0 aromatic heterocycles. The van der Waals surface area contributed by atoms with Crippen molar-refractivity contribution in [2.75, 3.05) is 11.5 Å². The maximum atomic E-state index is 3.60. The minimum absolute atomic E-state index is 1.24. The number of aryl methyl sites for hydroxylation is 1. The lowest BCUT2D eigenvalue weighted by Gasteiger charge is -2.16. The molecule has 0 aliphatic carbocycles. The lowest BCUT2D eigenvalue weighted by molar-refractivity contribution is 1.17. The van der Waals surface area contributed by atoms with Crippen molar-refractivity contribution in [2.45, 2.75) is 16.7 Å². The molecule has 0 saturated carbocycles. The lowest BCUT2D eigenvalue weighted by Crippen LogP contribution is -1.95. The normalized spacial score (nSPS) is 15.8. The Hall–Kier alpha value is 0.400. The molecule has 1 aliphatic heterocycles. The van der Waals surface area contributed by atoms with Crippen LogP contribution in [0.15, 0.2) is 26.4 Å². The zero-order chi connectivity index (χ0) is 8.55. The summed E-state index contributed by atoms with van der Waals surface area (Å²) in [6.07, 6.45) is 0. The molecule has 0 saturated heterocycles. The first kappa shape index (κ1) is 8.97. The average molecular weight is 261 g/mol. The summed E-state index contributed by atoms with van der Waals surface area (Å²) < 4.78 is 1.26. The fraction of sp³-hybridized carbons (Fsp3) is 0.333. The van der Waals surface area contributed by atoms with Crippen molar-refractivity contribution in [3.63, 3.8) is 0 Å². The van der Waals surface area contributed by atoms with Gasteiger partial charge in [-0.05, 0) is 40.5 Å². The van der Waals surface area contributed by atoms with E-state index in [1.54, 1.807) is 0 Å². The Morgan fingerprint density at radius 3 is 2.83 bits per heavy atom. The fourth-order valence-electron chi connectivity index (χ4n) is 1.24. The molecule has 0 radical (unpaired) electrons. The van der Waals surface area contributed by atoms with E-state index >= 15 is 0 Å². The molecule has 0 atom stereocenters. The maximum Gasteiger partial charge on any atom is 0.0351 e. The molecule has 0 bridgehead atoms. The summed E-state index contributed by atoms with van der Waals surface area (Å²) >= 11 is 7.52. The van der Waals surface area contributed by atoms with E-state index in [1.807, 2.05) is 23.5 Å². The molecule has 0 nitrogen and oxygen atoms in total. The predicted octanol–water partition coefficient (Wildman–Crippen LogP) is 3.96. The second kappa shape index (κ2) is 3.64. The number of fused-ring (bicyclic) bond motifs is 1. The van der Waals surface area contributed by atoms with Crippen LogP contribution in [0.5, 0.6) is 0 Å². The van der Waals surface area contributed by atoms with E-state index in [0.29, 0.717) is 0 Å². The third kappa shape index (κ3) is 1.68. The molecular formula is C9H9BrS2. The Kier molecular flexibility index (Phi) is 2.72. The molecule has 1 aliphatic rings. The van der Waals surface area contributed by atoms with Crippen LogP contribution in [0.2, 0.25) is 0 Å². The zero-order valence-corrected chi connectivity index (χ0v) is 9.98. The highest BCUT2D eigenvalue weighted by molar-refractivity contribution is 9.10. The predicted molar refractivity (Wildman–Crippen MR) is 60.3 cm³/mol. The molecule has 0 N–H and O–H groups in total. The van der Waals surface area contributed by atoms with Gasteiger partial charge < -0.3 is 0 Å². The summed E-state index contributed by atoms with van der Waals surface area (Å²) in [6.45, 7) is 2.14. The summed E-state index contributed by atoms with van der Waals surface area (Å²) in [5.41, 5.74) is 1.34. The second-order valence-electron chi connectivity index (χ2n) is 2.77. The molecule has 12 heavy (non-hydrogen) atoms. The van der Waals surface area contributed by atoms with Crippen LogP contribution in [0.4, 0.5) is 0 Å². The molecule has 1 aromatic carbocycles. The van der Waals surface area contributed by atoms with E-state index in [2.05, 4.69) is 35.0 Å².